The molecule has 18 heavy (non-hydrogen) atoms. The molecule has 0 N–H and O–H groups in total. The molecular formula is C16H17NO. The minimum Gasteiger partial charge on any atom is -0.342 e. The fraction of sp³-hybridized carbons (Fsp3) is 0.188. The monoisotopic (exact) mass is 239 g/mol. The smallest absolute Gasteiger partial charge is 0.150 e. The normalized spacial score (nSPS) is 10.1. The molecule has 0 fully saturated rings. The predicted octanol–water partition coefficient (Wildman–Crippen LogP) is 4.05. The van der Waals surface area contributed by atoms with Crippen molar-refractivity contribution in [1.82, 2.24) is 0 Å². The van der Waals surface area contributed by atoms with Crippen molar-refractivity contribution in [2.45, 2.75) is 13.3 Å². The van der Waals surface area contributed by atoms with Gasteiger partial charge in [-0.25, -0.2) is 0 Å². The molecule has 0 aliphatic rings. The lowest BCUT2D eigenvalue weighted by Crippen LogP contribution is -2.17. The Hall–Kier alpha value is -2.09. The van der Waals surface area contributed by atoms with E-state index >= 15 is 0 Å². The van der Waals surface area contributed by atoms with Gasteiger partial charge >= 0.3 is 0 Å². The van der Waals surface area contributed by atoms with Crippen LogP contribution >= 0.6 is 0 Å². The quantitative estimate of drug-likeness (QED) is 0.734. The van der Waals surface area contributed by atoms with Crippen LogP contribution in [0.1, 0.15) is 23.7 Å². The van der Waals surface area contributed by atoms with E-state index in [1.807, 2.05) is 42.5 Å². The number of para-hydroxylation sites is 1. The molecule has 2 rings (SSSR count). The third-order valence-corrected chi connectivity index (χ3v) is 2.86. The fourth-order valence-electron chi connectivity index (χ4n) is 1.97. The topological polar surface area (TPSA) is 20.3 Å². The summed E-state index contributed by atoms with van der Waals surface area (Å²) in [6, 6.07) is 18.0. The Bertz CT molecular complexity index is 490. The van der Waals surface area contributed by atoms with Crippen molar-refractivity contribution in [3.63, 3.8) is 0 Å². The Labute approximate surface area is 108 Å². The molecule has 0 aromatic heterocycles. The van der Waals surface area contributed by atoms with E-state index < -0.39 is 0 Å². The van der Waals surface area contributed by atoms with Crippen molar-refractivity contribution in [2.24, 2.45) is 0 Å². The minimum absolute atomic E-state index is 0.711. The number of hydrogen-bond acceptors (Lipinski definition) is 2. The van der Waals surface area contributed by atoms with Crippen LogP contribution in [-0.4, -0.2) is 12.8 Å². The molecule has 0 amide bonds. The number of aldehydes is 1. The highest BCUT2D eigenvalue weighted by Gasteiger charge is 2.07. The molecule has 0 unspecified atom stereocenters. The van der Waals surface area contributed by atoms with Crippen molar-refractivity contribution in [3.8, 4) is 0 Å². The van der Waals surface area contributed by atoms with Gasteiger partial charge in [-0.1, -0.05) is 25.1 Å². The second-order valence-electron chi connectivity index (χ2n) is 4.20. The second kappa shape index (κ2) is 6.01. The maximum absolute atomic E-state index is 10.7. The molecule has 2 aromatic carbocycles. The van der Waals surface area contributed by atoms with E-state index in [4.69, 9.17) is 0 Å². The first-order valence-corrected chi connectivity index (χ1v) is 6.23. The maximum Gasteiger partial charge on any atom is 0.150 e. The summed E-state index contributed by atoms with van der Waals surface area (Å²) >= 11 is 0. The van der Waals surface area contributed by atoms with E-state index in [2.05, 4.69) is 24.0 Å². The van der Waals surface area contributed by atoms with Crippen LogP contribution in [0.5, 0.6) is 0 Å². The predicted molar refractivity (Wildman–Crippen MR) is 75.6 cm³/mol. The van der Waals surface area contributed by atoms with E-state index in [0.717, 1.165) is 24.9 Å². The van der Waals surface area contributed by atoms with E-state index in [-0.39, 0.29) is 0 Å². The number of anilines is 2. The van der Waals surface area contributed by atoms with Gasteiger partial charge in [0, 0.05) is 23.5 Å². The molecule has 92 valence electrons. The number of rotatable bonds is 5. The largest absolute Gasteiger partial charge is 0.342 e. The number of carbonyl (C=O) groups excluding carboxylic acids is 1. The molecule has 0 radical (unpaired) electrons. The molecule has 2 aromatic rings. The van der Waals surface area contributed by atoms with Gasteiger partial charge in [0.05, 0.1) is 0 Å². The van der Waals surface area contributed by atoms with Crippen molar-refractivity contribution < 1.29 is 4.79 Å². The van der Waals surface area contributed by atoms with Gasteiger partial charge in [0.15, 0.2) is 0 Å². The van der Waals surface area contributed by atoms with E-state index in [9.17, 15) is 4.79 Å². The molecular weight excluding hydrogens is 222 g/mol. The Balaban J connectivity index is 2.32. The van der Waals surface area contributed by atoms with Crippen LogP contribution in [0.3, 0.4) is 0 Å². The van der Waals surface area contributed by atoms with Gasteiger partial charge in [-0.2, -0.15) is 0 Å². The Morgan fingerprint density at radius 1 is 0.944 bits per heavy atom. The number of nitrogens with zero attached hydrogens (tertiary/aromatic N) is 1. The first kappa shape index (κ1) is 12.4. The first-order valence-electron chi connectivity index (χ1n) is 6.23. The average molecular weight is 239 g/mol. The zero-order valence-electron chi connectivity index (χ0n) is 10.5. The van der Waals surface area contributed by atoms with Crippen molar-refractivity contribution in [2.75, 3.05) is 11.4 Å². The molecule has 0 saturated heterocycles. The average Bonchev–Trinajstić information content (AvgIpc) is 2.46. The Morgan fingerprint density at radius 2 is 1.56 bits per heavy atom. The van der Waals surface area contributed by atoms with Gasteiger partial charge < -0.3 is 4.90 Å². The molecule has 0 aliphatic carbocycles. The highest BCUT2D eigenvalue weighted by atomic mass is 16.1. The lowest BCUT2D eigenvalue weighted by molar-refractivity contribution is 0.112. The highest BCUT2D eigenvalue weighted by Crippen LogP contribution is 2.25. The Kier molecular flexibility index (Phi) is 4.13. The van der Waals surface area contributed by atoms with Crippen LogP contribution in [0.4, 0.5) is 11.4 Å². The standard InChI is InChI=1S/C16H17NO/c1-2-12-17(15-6-4-3-5-7-15)16-10-8-14(13-18)9-11-16/h3-11,13H,2,12H2,1H3. The van der Waals surface area contributed by atoms with Crippen molar-refractivity contribution >= 4 is 17.7 Å². The van der Waals surface area contributed by atoms with E-state index in [1.165, 1.54) is 5.69 Å². The maximum atomic E-state index is 10.7. The second-order valence-corrected chi connectivity index (χ2v) is 4.20. The molecule has 0 heterocycles. The lowest BCUT2D eigenvalue weighted by Gasteiger charge is -2.24. The van der Waals surface area contributed by atoms with Crippen molar-refractivity contribution in [1.29, 1.82) is 0 Å². The minimum atomic E-state index is 0.711. The van der Waals surface area contributed by atoms with Crippen LogP contribution in [0.25, 0.3) is 0 Å². The first-order chi connectivity index (χ1) is 8.85. The number of hydrogen-bond donors (Lipinski definition) is 0. The van der Waals surface area contributed by atoms with Crippen LogP contribution in [0.15, 0.2) is 54.6 Å². The number of benzene rings is 2. The van der Waals surface area contributed by atoms with Gasteiger partial charge in [0.1, 0.15) is 6.29 Å². The summed E-state index contributed by atoms with van der Waals surface area (Å²) in [6.45, 7) is 3.13. The lowest BCUT2D eigenvalue weighted by atomic mass is 10.2. The summed E-state index contributed by atoms with van der Waals surface area (Å²) in [7, 11) is 0. The molecule has 0 atom stereocenters. The third-order valence-electron chi connectivity index (χ3n) is 2.86. The molecule has 2 nitrogen and oxygen atoms in total. The van der Waals surface area contributed by atoms with Gasteiger partial charge in [0.2, 0.25) is 0 Å². The zero-order valence-corrected chi connectivity index (χ0v) is 10.5. The third kappa shape index (κ3) is 2.77. The molecule has 0 spiro atoms. The molecule has 0 aliphatic heterocycles. The van der Waals surface area contributed by atoms with Crippen LogP contribution in [0.2, 0.25) is 0 Å². The van der Waals surface area contributed by atoms with Crippen LogP contribution in [-0.2, 0) is 0 Å². The van der Waals surface area contributed by atoms with Gasteiger partial charge in [0.25, 0.3) is 0 Å². The molecule has 0 saturated carbocycles. The summed E-state index contributed by atoms with van der Waals surface area (Å²) in [5.74, 6) is 0. The summed E-state index contributed by atoms with van der Waals surface area (Å²) < 4.78 is 0. The van der Waals surface area contributed by atoms with Crippen LogP contribution in [0, 0.1) is 0 Å². The summed E-state index contributed by atoms with van der Waals surface area (Å²) in [5.41, 5.74) is 3.01. The van der Waals surface area contributed by atoms with Gasteiger partial charge in [-0.15, -0.1) is 0 Å². The molecule has 0 bridgehead atoms. The van der Waals surface area contributed by atoms with Crippen molar-refractivity contribution in [3.05, 3.63) is 60.2 Å². The summed E-state index contributed by atoms with van der Waals surface area (Å²) in [5, 5.41) is 0. The zero-order chi connectivity index (χ0) is 12.8. The number of carbonyl (C=O) groups is 1. The Morgan fingerprint density at radius 3 is 2.11 bits per heavy atom. The fourth-order valence-corrected chi connectivity index (χ4v) is 1.97. The van der Waals surface area contributed by atoms with Crippen LogP contribution < -0.4 is 4.90 Å². The van der Waals surface area contributed by atoms with E-state index in [0.29, 0.717) is 5.56 Å². The molecule has 2 heteroatoms. The summed E-state index contributed by atoms with van der Waals surface area (Å²) in [6.07, 6.45) is 1.95. The van der Waals surface area contributed by atoms with Gasteiger partial charge in [-0.3, -0.25) is 4.79 Å². The summed E-state index contributed by atoms with van der Waals surface area (Å²) in [4.78, 5) is 12.9. The highest BCUT2D eigenvalue weighted by molar-refractivity contribution is 5.76. The SMILES string of the molecule is CCCN(c1ccccc1)c1ccc(C=O)cc1. The van der Waals surface area contributed by atoms with Gasteiger partial charge in [-0.05, 0) is 42.8 Å². The van der Waals surface area contributed by atoms with E-state index in [1.54, 1.807) is 0 Å².